The second-order valence-corrected chi connectivity index (χ2v) is 6.00. The van der Waals surface area contributed by atoms with Crippen molar-refractivity contribution in [2.24, 2.45) is 0 Å². The van der Waals surface area contributed by atoms with E-state index in [9.17, 15) is 5.11 Å². The molecule has 3 nitrogen and oxygen atoms in total. The van der Waals surface area contributed by atoms with Crippen molar-refractivity contribution in [3.8, 4) is 17.2 Å². The Morgan fingerprint density at radius 1 is 1.00 bits per heavy atom. The lowest BCUT2D eigenvalue weighted by Gasteiger charge is -2.13. The SMILES string of the molecule is COc1cc(Br)c(Oc2ccc(C)cc2CO)cc1Br. The summed E-state index contributed by atoms with van der Waals surface area (Å²) in [6, 6.07) is 9.35. The fourth-order valence-electron chi connectivity index (χ4n) is 1.79. The summed E-state index contributed by atoms with van der Waals surface area (Å²) < 4.78 is 12.7. The van der Waals surface area contributed by atoms with Gasteiger partial charge in [-0.15, -0.1) is 0 Å². The predicted octanol–water partition coefficient (Wildman–Crippen LogP) is 4.81. The first-order valence-corrected chi connectivity index (χ1v) is 7.55. The average molecular weight is 402 g/mol. The van der Waals surface area contributed by atoms with Crippen LogP contribution in [-0.4, -0.2) is 12.2 Å². The number of aliphatic hydroxyl groups excluding tert-OH is 1. The minimum Gasteiger partial charge on any atom is -0.496 e. The summed E-state index contributed by atoms with van der Waals surface area (Å²) in [5.41, 5.74) is 1.83. The zero-order valence-corrected chi connectivity index (χ0v) is 14.3. The molecule has 0 amide bonds. The van der Waals surface area contributed by atoms with Crippen LogP contribution in [0.3, 0.4) is 0 Å². The minimum atomic E-state index is -0.0635. The third kappa shape index (κ3) is 3.34. The molecule has 1 N–H and O–H groups in total. The molecule has 0 fully saturated rings. The van der Waals surface area contributed by atoms with Gasteiger partial charge >= 0.3 is 0 Å². The summed E-state index contributed by atoms with van der Waals surface area (Å²) >= 11 is 6.88. The lowest BCUT2D eigenvalue weighted by molar-refractivity contribution is 0.276. The van der Waals surface area contributed by atoms with Crippen LogP contribution in [0.1, 0.15) is 11.1 Å². The summed E-state index contributed by atoms with van der Waals surface area (Å²) in [4.78, 5) is 0. The minimum absolute atomic E-state index is 0.0635. The lowest BCUT2D eigenvalue weighted by atomic mass is 10.1. The molecule has 0 aliphatic carbocycles. The molecule has 20 heavy (non-hydrogen) atoms. The van der Waals surface area contributed by atoms with Crippen LogP contribution in [0.2, 0.25) is 0 Å². The van der Waals surface area contributed by atoms with Crippen molar-refractivity contribution in [2.75, 3.05) is 7.11 Å². The Morgan fingerprint density at radius 2 is 1.65 bits per heavy atom. The van der Waals surface area contributed by atoms with E-state index in [-0.39, 0.29) is 6.61 Å². The molecule has 106 valence electrons. The first-order valence-electron chi connectivity index (χ1n) is 5.96. The van der Waals surface area contributed by atoms with E-state index in [1.54, 1.807) is 7.11 Å². The van der Waals surface area contributed by atoms with Gasteiger partial charge in [-0.2, -0.15) is 0 Å². The predicted molar refractivity (Wildman–Crippen MR) is 85.6 cm³/mol. The van der Waals surface area contributed by atoms with Crippen LogP contribution < -0.4 is 9.47 Å². The summed E-state index contributed by atoms with van der Waals surface area (Å²) in [6.45, 7) is 1.91. The Morgan fingerprint density at radius 3 is 2.30 bits per heavy atom. The largest absolute Gasteiger partial charge is 0.496 e. The Kier molecular flexibility index (Phi) is 5.07. The monoisotopic (exact) mass is 400 g/mol. The molecule has 0 radical (unpaired) electrons. The van der Waals surface area contributed by atoms with E-state index in [2.05, 4.69) is 31.9 Å². The number of aryl methyl sites for hydroxylation is 1. The fourth-order valence-corrected chi connectivity index (χ4v) is 2.68. The van der Waals surface area contributed by atoms with Crippen LogP contribution in [0, 0.1) is 6.92 Å². The van der Waals surface area contributed by atoms with E-state index >= 15 is 0 Å². The third-order valence-electron chi connectivity index (χ3n) is 2.81. The van der Waals surface area contributed by atoms with E-state index in [0.29, 0.717) is 11.5 Å². The maximum Gasteiger partial charge on any atom is 0.143 e. The van der Waals surface area contributed by atoms with Crippen LogP contribution in [0.15, 0.2) is 39.3 Å². The normalized spacial score (nSPS) is 10.4. The van der Waals surface area contributed by atoms with Gasteiger partial charge in [0.05, 0.1) is 22.7 Å². The van der Waals surface area contributed by atoms with Crippen LogP contribution >= 0.6 is 31.9 Å². The number of ether oxygens (including phenoxy) is 2. The van der Waals surface area contributed by atoms with Gasteiger partial charge in [0.2, 0.25) is 0 Å². The maximum atomic E-state index is 9.41. The number of halogens is 2. The Labute approximate surface area is 134 Å². The summed E-state index contributed by atoms with van der Waals surface area (Å²) in [7, 11) is 1.61. The van der Waals surface area contributed by atoms with Gasteiger partial charge < -0.3 is 14.6 Å². The highest BCUT2D eigenvalue weighted by Gasteiger charge is 2.11. The molecule has 0 aliphatic rings. The number of hydrogen-bond donors (Lipinski definition) is 1. The van der Waals surface area contributed by atoms with E-state index in [4.69, 9.17) is 9.47 Å². The van der Waals surface area contributed by atoms with Crippen LogP contribution in [-0.2, 0) is 6.61 Å². The topological polar surface area (TPSA) is 38.7 Å². The second-order valence-electron chi connectivity index (χ2n) is 4.29. The molecule has 0 spiro atoms. The highest BCUT2D eigenvalue weighted by atomic mass is 79.9. The first-order chi connectivity index (χ1) is 9.55. The van der Waals surface area contributed by atoms with Crippen molar-refractivity contribution in [3.05, 3.63) is 50.4 Å². The quantitative estimate of drug-likeness (QED) is 0.798. The number of methoxy groups -OCH3 is 1. The molecule has 2 aromatic rings. The third-order valence-corrected chi connectivity index (χ3v) is 4.05. The van der Waals surface area contributed by atoms with Gasteiger partial charge in [0.1, 0.15) is 17.2 Å². The van der Waals surface area contributed by atoms with Gasteiger partial charge in [0, 0.05) is 5.56 Å². The molecule has 0 saturated carbocycles. The molecule has 2 rings (SSSR count). The first kappa shape index (κ1) is 15.4. The standard InChI is InChI=1S/C15H14Br2O3/c1-9-3-4-13(10(5-9)8-18)20-15-7-11(16)14(19-2)6-12(15)17/h3-7,18H,8H2,1-2H3. The zero-order chi connectivity index (χ0) is 14.7. The summed E-state index contributed by atoms with van der Waals surface area (Å²) in [6.07, 6.45) is 0. The number of aliphatic hydroxyl groups is 1. The molecule has 0 heterocycles. The van der Waals surface area contributed by atoms with Crippen LogP contribution in [0.25, 0.3) is 0 Å². The van der Waals surface area contributed by atoms with Crippen molar-refractivity contribution in [1.82, 2.24) is 0 Å². The van der Waals surface area contributed by atoms with Crippen LogP contribution in [0.4, 0.5) is 0 Å². The van der Waals surface area contributed by atoms with Crippen molar-refractivity contribution >= 4 is 31.9 Å². The fraction of sp³-hybridized carbons (Fsp3) is 0.200. The molecule has 0 atom stereocenters. The highest BCUT2D eigenvalue weighted by Crippen LogP contribution is 2.38. The molecule has 0 aromatic heterocycles. The molecular formula is C15H14Br2O3. The van der Waals surface area contributed by atoms with Gasteiger partial charge in [0.25, 0.3) is 0 Å². The number of benzene rings is 2. The van der Waals surface area contributed by atoms with Crippen LogP contribution in [0.5, 0.6) is 17.2 Å². The van der Waals surface area contributed by atoms with Gasteiger partial charge in [-0.3, -0.25) is 0 Å². The van der Waals surface area contributed by atoms with Crippen molar-refractivity contribution in [3.63, 3.8) is 0 Å². The molecule has 0 unspecified atom stereocenters. The van der Waals surface area contributed by atoms with Crippen molar-refractivity contribution in [2.45, 2.75) is 13.5 Å². The summed E-state index contributed by atoms with van der Waals surface area (Å²) in [5, 5.41) is 9.41. The molecule has 0 aliphatic heterocycles. The molecule has 5 heteroatoms. The zero-order valence-electron chi connectivity index (χ0n) is 11.1. The van der Waals surface area contributed by atoms with Gasteiger partial charge in [-0.1, -0.05) is 17.7 Å². The Hall–Kier alpha value is -1.04. The number of hydrogen-bond acceptors (Lipinski definition) is 3. The van der Waals surface area contributed by atoms with Gasteiger partial charge in [-0.05, 0) is 57.0 Å². The van der Waals surface area contributed by atoms with Crippen molar-refractivity contribution < 1.29 is 14.6 Å². The molecular weight excluding hydrogens is 388 g/mol. The summed E-state index contributed by atoms with van der Waals surface area (Å²) in [5.74, 6) is 2.00. The smallest absolute Gasteiger partial charge is 0.143 e. The Bertz CT molecular complexity index is 627. The van der Waals surface area contributed by atoms with E-state index in [0.717, 1.165) is 25.8 Å². The van der Waals surface area contributed by atoms with E-state index in [1.165, 1.54) is 0 Å². The highest BCUT2D eigenvalue weighted by molar-refractivity contribution is 9.11. The molecule has 0 bridgehead atoms. The van der Waals surface area contributed by atoms with Gasteiger partial charge in [0.15, 0.2) is 0 Å². The molecule has 0 saturated heterocycles. The van der Waals surface area contributed by atoms with Gasteiger partial charge in [-0.25, -0.2) is 0 Å². The maximum absolute atomic E-state index is 9.41. The number of rotatable bonds is 4. The molecule has 2 aromatic carbocycles. The van der Waals surface area contributed by atoms with Crippen molar-refractivity contribution in [1.29, 1.82) is 0 Å². The second kappa shape index (κ2) is 6.61. The average Bonchev–Trinajstić information content (AvgIpc) is 2.44. The van der Waals surface area contributed by atoms with E-state index < -0.39 is 0 Å². The van der Waals surface area contributed by atoms with E-state index in [1.807, 2.05) is 37.3 Å². The lowest BCUT2D eigenvalue weighted by Crippen LogP contribution is -1.94. The Balaban J connectivity index is 2.37.